The van der Waals surface area contributed by atoms with Crippen molar-refractivity contribution in [2.24, 2.45) is 11.1 Å². The fourth-order valence-electron chi connectivity index (χ4n) is 2.73. The normalized spacial score (nSPS) is 20.3. The van der Waals surface area contributed by atoms with Crippen LogP contribution >= 0.6 is 23.2 Å². The van der Waals surface area contributed by atoms with Crippen LogP contribution in [-0.4, -0.2) is 11.9 Å². The number of oxime groups is 1. The second-order valence-electron chi connectivity index (χ2n) is 5.80. The van der Waals surface area contributed by atoms with Gasteiger partial charge in [-0.2, -0.15) is 13.2 Å². The number of rotatable bonds is 2. The minimum absolute atomic E-state index is 0.207. The molecule has 8 heteroatoms. The van der Waals surface area contributed by atoms with Crippen LogP contribution in [0, 0.1) is 12.8 Å². The van der Waals surface area contributed by atoms with Crippen LogP contribution < -0.4 is 5.73 Å². The van der Waals surface area contributed by atoms with E-state index in [9.17, 15) is 13.2 Å². The maximum Gasteiger partial charge on any atom is 0.401 e. The Kier molecular flexibility index (Phi) is 4.60. The molecule has 1 aliphatic heterocycles. The standard InChI is InChI=1S/C17H13Cl2F3N2O/c1-8-2-3-9(6-13(8)23)15-14(17(20,21)22)16(25-24-15)10-4-11(18)7-12(19)5-10/h2-7,14,16H,23H2,1H3/t14?,16-/m1/s1. The van der Waals surface area contributed by atoms with Crippen molar-refractivity contribution in [2.45, 2.75) is 19.2 Å². The number of hydrogen-bond acceptors (Lipinski definition) is 3. The van der Waals surface area contributed by atoms with Crippen LogP contribution in [0.3, 0.4) is 0 Å². The molecule has 1 unspecified atom stereocenters. The zero-order chi connectivity index (χ0) is 18.4. The number of alkyl halides is 3. The van der Waals surface area contributed by atoms with Crippen molar-refractivity contribution in [3.05, 3.63) is 63.1 Å². The molecule has 2 atom stereocenters. The van der Waals surface area contributed by atoms with Crippen molar-refractivity contribution in [3.63, 3.8) is 0 Å². The van der Waals surface area contributed by atoms with Crippen molar-refractivity contribution < 1.29 is 18.0 Å². The van der Waals surface area contributed by atoms with Crippen LogP contribution in [-0.2, 0) is 4.84 Å². The third kappa shape index (κ3) is 3.55. The van der Waals surface area contributed by atoms with Gasteiger partial charge in [-0.15, -0.1) is 0 Å². The van der Waals surface area contributed by atoms with Gasteiger partial charge in [0.1, 0.15) is 11.6 Å². The van der Waals surface area contributed by atoms with Crippen LogP contribution in [0.1, 0.15) is 22.8 Å². The maximum absolute atomic E-state index is 13.8. The van der Waals surface area contributed by atoms with Gasteiger partial charge >= 0.3 is 6.18 Å². The second kappa shape index (κ2) is 6.42. The van der Waals surface area contributed by atoms with Crippen LogP contribution in [0.5, 0.6) is 0 Å². The molecule has 0 spiro atoms. The average molecular weight is 389 g/mol. The second-order valence-corrected chi connectivity index (χ2v) is 6.67. The lowest BCUT2D eigenvalue weighted by molar-refractivity contribution is -0.177. The van der Waals surface area contributed by atoms with E-state index in [0.29, 0.717) is 5.69 Å². The van der Waals surface area contributed by atoms with E-state index in [1.807, 2.05) is 0 Å². The van der Waals surface area contributed by atoms with Crippen LogP contribution in [0.25, 0.3) is 0 Å². The highest BCUT2D eigenvalue weighted by molar-refractivity contribution is 6.34. The van der Waals surface area contributed by atoms with Crippen molar-refractivity contribution in [1.82, 2.24) is 0 Å². The first kappa shape index (κ1) is 17.9. The van der Waals surface area contributed by atoms with Gasteiger partial charge in [0.05, 0.1) is 0 Å². The molecule has 0 bridgehead atoms. The van der Waals surface area contributed by atoms with E-state index < -0.39 is 18.2 Å². The Bertz CT molecular complexity index is 832. The van der Waals surface area contributed by atoms with Gasteiger partial charge in [0.25, 0.3) is 0 Å². The predicted molar refractivity (Wildman–Crippen MR) is 92.0 cm³/mol. The van der Waals surface area contributed by atoms with Gasteiger partial charge in [-0.1, -0.05) is 40.5 Å². The van der Waals surface area contributed by atoms with Crippen molar-refractivity contribution >= 4 is 34.6 Å². The average Bonchev–Trinajstić information content (AvgIpc) is 2.94. The molecule has 2 N–H and O–H groups in total. The van der Waals surface area contributed by atoms with Crippen molar-refractivity contribution in [3.8, 4) is 0 Å². The summed E-state index contributed by atoms with van der Waals surface area (Å²) in [5.74, 6) is -1.95. The molecule has 0 saturated carbocycles. The first-order valence-corrected chi connectivity index (χ1v) is 8.05. The number of aryl methyl sites for hydroxylation is 1. The Morgan fingerprint density at radius 2 is 1.72 bits per heavy atom. The number of benzene rings is 2. The van der Waals surface area contributed by atoms with Crippen LogP contribution in [0.4, 0.5) is 18.9 Å². The molecule has 0 radical (unpaired) electrons. The van der Waals surface area contributed by atoms with Gasteiger partial charge in [-0.3, -0.25) is 0 Å². The fourth-order valence-corrected chi connectivity index (χ4v) is 3.27. The first-order valence-electron chi connectivity index (χ1n) is 7.29. The van der Waals surface area contributed by atoms with E-state index in [4.69, 9.17) is 33.8 Å². The summed E-state index contributed by atoms with van der Waals surface area (Å²) in [6.07, 6.45) is -5.94. The van der Waals surface area contributed by atoms with Gasteiger partial charge in [0, 0.05) is 21.3 Å². The molecule has 3 nitrogen and oxygen atoms in total. The van der Waals surface area contributed by atoms with Crippen LogP contribution in [0.15, 0.2) is 41.6 Å². The molecule has 0 saturated heterocycles. The summed E-state index contributed by atoms with van der Waals surface area (Å²) in [6, 6.07) is 8.86. The third-order valence-corrected chi connectivity index (χ3v) is 4.44. The summed E-state index contributed by atoms with van der Waals surface area (Å²) < 4.78 is 41.3. The van der Waals surface area contributed by atoms with Gasteiger partial charge in [-0.05, 0) is 42.3 Å². The lowest BCUT2D eigenvalue weighted by atomic mass is 9.87. The summed E-state index contributed by atoms with van der Waals surface area (Å²) in [4.78, 5) is 5.14. The summed E-state index contributed by atoms with van der Waals surface area (Å²) in [6.45, 7) is 1.77. The molecule has 0 aliphatic carbocycles. The minimum Gasteiger partial charge on any atom is -0.398 e. The quantitative estimate of drug-likeness (QED) is 0.686. The smallest absolute Gasteiger partial charge is 0.398 e. The molecule has 1 heterocycles. The van der Waals surface area contributed by atoms with E-state index in [0.717, 1.165) is 5.56 Å². The number of anilines is 1. The molecule has 1 aliphatic rings. The summed E-state index contributed by atoms with van der Waals surface area (Å²) >= 11 is 11.8. The Morgan fingerprint density at radius 1 is 1.08 bits per heavy atom. The molecule has 132 valence electrons. The number of nitrogen functional groups attached to an aromatic ring is 1. The highest BCUT2D eigenvalue weighted by atomic mass is 35.5. The van der Waals surface area contributed by atoms with Gasteiger partial charge in [0.15, 0.2) is 6.10 Å². The Labute approximate surface area is 152 Å². The highest BCUT2D eigenvalue weighted by Crippen LogP contribution is 2.45. The van der Waals surface area contributed by atoms with E-state index in [1.165, 1.54) is 24.3 Å². The summed E-state index contributed by atoms with van der Waals surface area (Å²) in [5, 5.41) is 4.14. The molecule has 0 amide bonds. The predicted octanol–water partition coefficient (Wildman–Crippen LogP) is 5.54. The summed E-state index contributed by atoms with van der Waals surface area (Å²) in [5.41, 5.74) is 7.22. The van der Waals surface area contributed by atoms with Crippen LogP contribution in [0.2, 0.25) is 10.0 Å². The third-order valence-electron chi connectivity index (χ3n) is 4.00. The lowest BCUT2D eigenvalue weighted by Gasteiger charge is -2.22. The van der Waals surface area contributed by atoms with Gasteiger partial charge in [0.2, 0.25) is 0 Å². The molecule has 0 aromatic heterocycles. The van der Waals surface area contributed by atoms with Gasteiger partial charge in [-0.25, -0.2) is 0 Å². The van der Waals surface area contributed by atoms with E-state index >= 15 is 0 Å². The molecule has 25 heavy (non-hydrogen) atoms. The molecule has 2 aromatic carbocycles. The monoisotopic (exact) mass is 388 g/mol. The zero-order valence-electron chi connectivity index (χ0n) is 12.9. The minimum atomic E-state index is -4.57. The fraction of sp³-hybridized carbons (Fsp3) is 0.235. The van der Waals surface area contributed by atoms with E-state index in [1.54, 1.807) is 19.1 Å². The highest BCUT2D eigenvalue weighted by Gasteiger charge is 2.53. The zero-order valence-corrected chi connectivity index (χ0v) is 14.5. The first-order chi connectivity index (χ1) is 11.7. The number of hydrogen-bond donors (Lipinski definition) is 1. The number of nitrogens with zero attached hydrogens (tertiary/aromatic N) is 1. The maximum atomic E-state index is 13.8. The number of halogens is 5. The van der Waals surface area contributed by atoms with Crippen molar-refractivity contribution in [2.75, 3.05) is 5.73 Å². The SMILES string of the molecule is Cc1ccc(C2=NO[C@H](c3cc(Cl)cc(Cl)c3)C2C(F)(F)F)cc1N. The lowest BCUT2D eigenvalue weighted by Crippen LogP contribution is -2.33. The van der Waals surface area contributed by atoms with Crippen molar-refractivity contribution in [1.29, 1.82) is 0 Å². The topological polar surface area (TPSA) is 47.6 Å². The summed E-state index contributed by atoms with van der Waals surface area (Å²) in [7, 11) is 0. The molecular weight excluding hydrogens is 376 g/mol. The molecular formula is C17H13Cl2F3N2O. The van der Waals surface area contributed by atoms with E-state index in [-0.39, 0.29) is 26.9 Å². The number of nitrogens with two attached hydrogens (primary N) is 1. The van der Waals surface area contributed by atoms with Gasteiger partial charge < -0.3 is 10.6 Å². The molecule has 2 aromatic rings. The Morgan fingerprint density at radius 3 is 2.28 bits per heavy atom. The Balaban J connectivity index is 2.05. The molecule has 3 rings (SSSR count). The largest absolute Gasteiger partial charge is 0.401 e. The molecule has 0 fully saturated rings. The Hall–Kier alpha value is -1.92. The van der Waals surface area contributed by atoms with E-state index in [2.05, 4.69) is 5.16 Å².